The first-order chi connectivity index (χ1) is 13.2. The fourth-order valence-electron chi connectivity index (χ4n) is 3.04. The summed E-state index contributed by atoms with van der Waals surface area (Å²) < 4.78 is 27.9. The van der Waals surface area contributed by atoms with Gasteiger partial charge in [-0.05, 0) is 25.3 Å². The van der Waals surface area contributed by atoms with Gasteiger partial charge in [-0.1, -0.05) is 37.6 Å². The van der Waals surface area contributed by atoms with Gasteiger partial charge in [-0.15, -0.1) is 0 Å². The predicted octanol–water partition coefficient (Wildman–Crippen LogP) is 1.84. The van der Waals surface area contributed by atoms with E-state index in [0.717, 1.165) is 18.4 Å². The lowest BCUT2D eigenvalue weighted by Crippen LogP contribution is -2.42. The van der Waals surface area contributed by atoms with E-state index < -0.39 is 33.9 Å². The number of Topliss-reactive ketones (excluding diaryl/α,β-unsaturated/α-hetero) is 1. The molecule has 0 saturated carbocycles. The molecule has 0 radical (unpaired) electrons. The van der Waals surface area contributed by atoms with Crippen molar-refractivity contribution < 1.29 is 27.5 Å². The quantitative estimate of drug-likeness (QED) is 0.493. The summed E-state index contributed by atoms with van der Waals surface area (Å²) in [6, 6.07) is 6.88. The number of aryl methyl sites for hydroxylation is 1. The maximum absolute atomic E-state index is 12.2. The first-order valence-electron chi connectivity index (χ1n) is 9.52. The van der Waals surface area contributed by atoms with Crippen LogP contribution in [0.5, 0.6) is 0 Å². The number of ether oxygens (including phenoxy) is 1. The van der Waals surface area contributed by atoms with E-state index in [4.69, 9.17) is 4.74 Å². The van der Waals surface area contributed by atoms with E-state index in [9.17, 15) is 22.8 Å². The predicted molar refractivity (Wildman–Crippen MR) is 105 cm³/mol. The molecule has 1 aromatic rings. The van der Waals surface area contributed by atoms with Gasteiger partial charge < -0.3 is 10.1 Å². The minimum atomic E-state index is -3.10. The van der Waals surface area contributed by atoms with Crippen molar-refractivity contribution in [1.29, 1.82) is 0 Å². The Morgan fingerprint density at radius 2 is 1.86 bits per heavy atom. The molecule has 1 N–H and O–H groups in total. The molecule has 0 unspecified atom stereocenters. The molecule has 28 heavy (non-hydrogen) atoms. The lowest BCUT2D eigenvalue weighted by atomic mass is 10.0. The molecule has 1 heterocycles. The van der Waals surface area contributed by atoms with Crippen LogP contribution in [-0.4, -0.2) is 49.7 Å². The Morgan fingerprint density at radius 3 is 2.43 bits per heavy atom. The molecule has 154 valence electrons. The number of nitrogens with one attached hydrogen (secondary N) is 1. The molecule has 1 saturated heterocycles. The summed E-state index contributed by atoms with van der Waals surface area (Å²) in [5.41, 5.74) is 1.70. The summed E-state index contributed by atoms with van der Waals surface area (Å²) in [4.78, 5) is 36.1. The maximum Gasteiger partial charge on any atom is 0.307 e. The summed E-state index contributed by atoms with van der Waals surface area (Å²) in [6.45, 7) is 3.51. The third kappa shape index (κ3) is 6.74. The number of benzene rings is 1. The average Bonchev–Trinajstić information content (AvgIpc) is 2.99. The van der Waals surface area contributed by atoms with Crippen molar-refractivity contribution in [3.8, 4) is 0 Å². The summed E-state index contributed by atoms with van der Waals surface area (Å²) in [5.74, 6) is -1.38. The highest BCUT2D eigenvalue weighted by Gasteiger charge is 2.30. The fraction of sp³-hybridized carbons (Fsp3) is 0.550. The van der Waals surface area contributed by atoms with E-state index in [2.05, 4.69) is 12.2 Å². The van der Waals surface area contributed by atoms with Gasteiger partial charge in [0.15, 0.2) is 21.7 Å². The second-order valence-electron chi connectivity index (χ2n) is 7.11. The number of hydrogen-bond acceptors (Lipinski definition) is 6. The van der Waals surface area contributed by atoms with Gasteiger partial charge in [0, 0.05) is 18.0 Å². The van der Waals surface area contributed by atoms with Crippen LogP contribution in [0.2, 0.25) is 0 Å². The molecule has 8 heteroatoms. The molecule has 1 aromatic carbocycles. The largest absolute Gasteiger partial charge is 0.453 e. The Labute approximate surface area is 165 Å². The van der Waals surface area contributed by atoms with Gasteiger partial charge in [-0.2, -0.15) is 0 Å². The van der Waals surface area contributed by atoms with Gasteiger partial charge >= 0.3 is 5.97 Å². The van der Waals surface area contributed by atoms with Crippen molar-refractivity contribution >= 4 is 27.5 Å². The van der Waals surface area contributed by atoms with Crippen LogP contribution in [0.3, 0.4) is 0 Å². The zero-order chi connectivity index (χ0) is 20.7. The van der Waals surface area contributed by atoms with E-state index in [1.54, 1.807) is 12.1 Å². The van der Waals surface area contributed by atoms with Crippen molar-refractivity contribution in [3.05, 3.63) is 35.4 Å². The Morgan fingerprint density at radius 1 is 1.18 bits per heavy atom. The summed E-state index contributed by atoms with van der Waals surface area (Å²) in [7, 11) is -3.10. The summed E-state index contributed by atoms with van der Waals surface area (Å²) >= 11 is 0. The number of esters is 1. The molecule has 0 spiro atoms. The Bertz CT molecular complexity index is 816. The maximum atomic E-state index is 12.2. The first kappa shape index (κ1) is 22.1. The molecule has 1 amide bonds. The van der Waals surface area contributed by atoms with Crippen molar-refractivity contribution in [2.75, 3.05) is 11.5 Å². The molecule has 7 nitrogen and oxygen atoms in total. The summed E-state index contributed by atoms with van der Waals surface area (Å²) in [5, 5.41) is 2.58. The molecule has 0 bridgehead atoms. The normalized spacial score (nSPS) is 19.0. The number of amides is 1. The highest BCUT2D eigenvalue weighted by atomic mass is 32.2. The van der Waals surface area contributed by atoms with Crippen LogP contribution in [0, 0.1) is 0 Å². The SMILES string of the molecule is CCCc1ccc(C(=O)CCC(=O)O[C@H](C)C(=O)N[C@H]2CCS(=O)(=O)C2)cc1. The van der Waals surface area contributed by atoms with Crippen LogP contribution >= 0.6 is 0 Å². The first-order valence-corrected chi connectivity index (χ1v) is 11.3. The van der Waals surface area contributed by atoms with Crippen molar-refractivity contribution in [3.63, 3.8) is 0 Å². The van der Waals surface area contributed by atoms with E-state index in [-0.39, 0.29) is 30.1 Å². The standard InChI is InChI=1S/C20H27NO6S/c1-3-4-15-5-7-16(8-6-15)18(22)9-10-19(23)27-14(2)20(24)21-17-11-12-28(25,26)13-17/h5-8,14,17H,3-4,9-13H2,1-2H3,(H,21,24)/t14-,17+/m1/s1. The highest BCUT2D eigenvalue weighted by Crippen LogP contribution is 2.13. The van der Waals surface area contributed by atoms with Crippen molar-refractivity contribution in [2.45, 2.75) is 58.1 Å². The molecule has 2 rings (SSSR count). The number of sulfone groups is 1. The van der Waals surface area contributed by atoms with Crippen LogP contribution in [0.25, 0.3) is 0 Å². The monoisotopic (exact) mass is 409 g/mol. The Balaban J connectivity index is 1.75. The van der Waals surface area contributed by atoms with Gasteiger partial charge in [0.1, 0.15) is 0 Å². The van der Waals surface area contributed by atoms with Gasteiger partial charge in [-0.3, -0.25) is 14.4 Å². The Kier molecular flexibility index (Phi) is 7.74. The second kappa shape index (κ2) is 9.82. The minimum Gasteiger partial charge on any atom is -0.453 e. The molecule has 0 aliphatic carbocycles. The van der Waals surface area contributed by atoms with Gasteiger partial charge in [0.2, 0.25) is 0 Å². The third-order valence-electron chi connectivity index (χ3n) is 4.63. The zero-order valence-electron chi connectivity index (χ0n) is 16.3. The van der Waals surface area contributed by atoms with Crippen LogP contribution in [0.4, 0.5) is 0 Å². The fourth-order valence-corrected chi connectivity index (χ4v) is 4.72. The molecular weight excluding hydrogens is 382 g/mol. The van der Waals surface area contributed by atoms with Gasteiger partial charge in [0.25, 0.3) is 5.91 Å². The van der Waals surface area contributed by atoms with Crippen LogP contribution in [0.1, 0.15) is 55.5 Å². The smallest absolute Gasteiger partial charge is 0.307 e. The molecule has 1 fully saturated rings. The lowest BCUT2D eigenvalue weighted by Gasteiger charge is -2.16. The van der Waals surface area contributed by atoms with Crippen LogP contribution in [0.15, 0.2) is 24.3 Å². The van der Waals surface area contributed by atoms with E-state index in [1.807, 2.05) is 12.1 Å². The highest BCUT2D eigenvalue weighted by molar-refractivity contribution is 7.91. The lowest BCUT2D eigenvalue weighted by molar-refractivity contribution is -0.154. The van der Waals surface area contributed by atoms with Gasteiger partial charge in [0.05, 0.1) is 17.9 Å². The zero-order valence-corrected chi connectivity index (χ0v) is 17.1. The molecule has 1 aliphatic rings. The molecule has 0 aromatic heterocycles. The molecule has 1 aliphatic heterocycles. The molecule has 2 atom stereocenters. The number of carbonyl (C=O) groups is 3. The third-order valence-corrected chi connectivity index (χ3v) is 6.39. The topological polar surface area (TPSA) is 107 Å². The van der Waals surface area contributed by atoms with Crippen molar-refractivity contribution in [2.24, 2.45) is 0 Å². The number of carbonyl (C=O) groups excluding carboxylic acids is 3. The van der Waals surface area contributed by atoms with E-state index >= 15 is 0 Å². The van der Waals surface area contributed by atoms with Crippen LogP contribution in [-0.2, 0) is 30.6 Å². The van der Waals surface area contributed by atoms with Crippen molar-refractivity contribution in [1.82, 2.24) is 5.32 Å². The Hall–Kier alpha value is -2.22. The molecular formula is C20H27NO6S. The number of rotatable bonds is 9. The van der Waals surface area contributed by atoms with E-state index in [1.165, 1.54) is 6.92 Å². The van der Waals surface area contributed by atoms with E-state index in [0.29, 0.717) is 12.0 Å². The van der Waals surface area contributed by atoms with Gasteiger partial charge in [-0.25, -0.2) is 8.42 Å². The number of ketones is 1. The number of hydrogen-bond donors (Lipinski definition) is 1. The van der Waals surface area contributed by atoms with Crippen LogP contribution < -0.4 is 5.32 Å². The minimum absolute atomic E-state index is 0.00116. The summed E-state index contributed by atoms with van der Waals surface area (Å²) in [6.07, 6.45) is 1.18. The second-order valence-corrected chi connectivity index (χ2v) is 9.34. The average molecular weight is 410 g/mol.